The van der Waals surface area contributed by atoms with Crippen molar-refractivity contribution in [3.63, 3.8) is 0 Å². The minimum atomic E-state index is -4.70. The smallest absolute Gasteiger partial charge is 0.343 e. The van der Waals surface area contributed by atoms with Gasteiger partial charge in [0, 0.05) is 48.3 Å². The fraction of sp³-hybridized carbons (Fsp3) is 0.150. The normalized spacial score (nSPS) is 12.0. The number of nitrogens with zero attached hydrogens (tertiary/aromatic N) is 7. The summed E-state index contributed by atoms with van der Waals surface area (Å²) in [5.41, 5.74) is 3.39. The molecule has 0 aliphatic carbocycles. The number of aryl methyl sites for hydroxylation is 1. The molecule has 5 aromatic rings. The van der Waals surface area contributed by atoms with Gasteiger partial charge in [0.2, 0.25) is 5.82 Å². The fourth-order valence-electron chi connectivity index (χ4n) is 3.28. The Morgan fingerprint density at radius 1 is 1.06 bits per heavy atom. The number of halogens is 3. The molecule has 0 fully saturated rings. The van der Waals surface area contributed by atoms with E-state index < -0.39 is 12.1 Å². The van der Waals surface area contributed by atoms with Crippen LogP contribution in [-0.2, 0) is 19.8 Å². The summed E-state index contributed by atoms with van der Waals surface area (Å²) in [6.07, 6.45) is 4.21. The lowest BCUT2D eigenvalue weighted by atomic mass is 10.1. The molecular weight excluding hydrogens is 411 g/mol. The lowest BCUT2D eigenvalue weighted by molar-refractivity contribution is -0.159. The molecule has 11 heteroatoms. The first-order valence-electron chi connectivity index (χ1n) is 9.17. The van der Waals surface area contributed by atoms with Crippen LogP contribution in [-0.4, -0.2) is 34.5 Å². The first-order valence-corrected chi connectivity index (χ1v) is 9.17. The van der Waals surface area contributed by atoms with Crippen molar-refractivity contribution >= 4 is 10.9 Å². The van der Waals surface area contributed by atoms with Crippen LogP contribution in [0.2, 0.25) is 0 Å². The van der Waals surface area contributed by atoms with Gasteiger partial charge >= 0.3 is 12.1 Å². The molecule has 0 bridgehead atoms. The maximum atomic E-state index is 12.7. The molecule has 0 spiro atoms. The number of hydrogen-bond acceptors (Lipinski definition) is 6. The van der Waals surface area contributed by atoms with Crippen molar-refractivity contribution in [3.05, 3.63) is 66.7 Å². The predicted octanol–water partition coefficient (Wildman–Crippen LogP) is 3.95. The maximum absolute atomic E-state index is 12.7. The van der Waals surface area contributed by atoms with E-state index in [2.05, 4.69) is 34.3 Å². The Morgan fingerprint density at radius 3 is 2.65 bits per heavy atom. The average Bonchev–Trinajstić information content (AvgIpc) is 3.48. The van der Waals surface area contributed by atoms with Gasteiger partial charge in [-0.25, -0.2) is 0 Å². The second kappa shape index (κ2) is 7.04. The first-order chi connectivity index (χ1) is 14.9. The van der Waals surface area contributed by atoms with Crippen molar-refractivity contribution in [1.82, 2.24) is 34.5 Å². The van der Waals surface area contributed by atoms with Gasteiger partial charge in [0.15, 0.2) is 0 Å². The van der Waals surface area contributed by atoms with Crippen LogP contribution in [0.4, 0.5) is 13.2 Å². The summed E-state index contributed by atoms with van der Waals surface area (Å²) in [4.78, 5) is 12.2. The maximum Gasteiger partial charge on any atom is 0.471 e. The SMILES string of the molecule is Cn1cc(Cn2ccc3cnc(-c4cc(-c5noc(C(F)(F)F)n5)ccn4)cc32)cn1. The summed E-state index contributed by atoms with van der Waals surface area (Å²) in [6.45, 7) is 0.636. The van der Waals surface area contributed by atoms with E-state index >= 15 is 0 Å². The van der Waals surface area contributed by atoms with Crippen LogP contribution in [0.1, 0.15) is 11.5 Å². The number of fused-ring (bicyclic) bond motifs is 1. The molecule has 0 saturated heterocycles. The molecule has 8 nitrogen and oxygen atoms in total. The summed E-state index contributed by atoms with van der Waals surface area (Å²) >= 11 is 0. The van der Waals surface area contributed by atoms with E-state index in [0.29, 0.717) is 23.5 Å². The Labute approximate surface area is 173 Å². The largest absolute Gasteiger partial charge is 0.471 e. The van der Waals surface area contributed by atoms with E-state index in [-0.39, 0.29) is 5.82 Å². The van der Waals surface area contributed by atoms with Crippen molar-refractivity contribution in [2.45, 2.75) is 12.7 Å². The van der Waals surface area contributed by atoms with Gasteiger partial charge in [0.25, 0.3) is 0 Å². The molecule has 0 saturated carbocycles. The van der Waals surface area contributed by atoms with E-state index in [0.717, 1.165) is 16.5 Å². The first kappa shape index (κ1) is 19.0. The highest BCUT2D eigenvalue weighted by atomic mass is 19.4. The number of aromatic nitrogens is 7. The molecule has 156 valence electrons. The zero-order chi connectivity index (χ0) is 21.6. The highest BCUT2D eigenvalue weighted by Gasteiger charge is 2.38. The average molecular weight is 425 g/mol. The Bertz CT molecular complexity index is 1380. The monoisotopic (exact) mass is 425 g/mol. The Morgan fingerprint density at radius 2 is 1.90 bits per heavy atom. The summed E-state index contributed by atoms with van der Waals surface area (Å²) in [5, 5.41) is 8.57. The highest BCUT2D eigenvalue weighted by molar-refractivity contribution is 5.83. The molecule has 0 aliphatic heterocycles. The number of rotatable bonds is 4. The summed E-state index contributed by atoms with van der Waals surface area (Å²) in [7, 11) is 1.86. The third kappa shape index (κ3) is 3.65. The zero-order valence-corrected chi connectivity index (χ0v) is 16.1. The van der Waals surface area contributed by atoms with Crippen LogP contribution in [0.15, 0.2) is 59.8 Å². The lowest BCUT2D eigenvalue weighted by Gasteiger charge is -2.06. The standard InChI is InChI=1S/C20H14F3N7O/c1-29-10-12(8-26-29)11-30-5-3-14-9-25-16(7-17(14)30)15-6-13(2-4-24-15)18-27-19(31-28-18)20(21,22)23/h2-10H,11H2,1H3. The highest BCUT2D eigenvalue weighted by Crippen LogP contribution is 2.30. The van der Waals surface area contributed by atoms with Gasteiger partial charge in [-0.1, -0.05) is 5.16 Å². The molecule has 0 radical (unpaired) electrons. The van der Waals surface area contributed by atoms with Gasteiger partial charge in [-0.05, 0) is 24.3 Å². The van der Waals surface area contributed by atoms with Crippen LogP contribution in [0.25, 0.3) is 33.7 Å². The van der Waals surface area contributed by atoms with Crippen LogP contribution >= 0.6 is 0 Å². The van der Waals surface area contributed by atoms with Gasteiger partial charge in [-0.15, -0.1) is 0 Å². The van der Waals surface area contributed by atoms with E-state index in [1.807, 2.05) is 31.6 Å². The number of alkyl halides is 3. The van der Waals surface area contributed by atoms with Gasteiger partial charge < -0.3 is 9.09 Å². The third-order valence-electron chi connectivity index (χ3n) is 4.72. The summed E-state index contributed by atoms with van der Waals surface area (Å²) < 4.78 is 46.4. The van der Waals surface area contributed by atoms with Gasteiger partial charge in [-0.3, -0.25) is 14.6 Å². The van der Waals surface area contributed by atoms with Crippen LogP contribution in [0.5, 0.6) is 0 Å². The topological polar surface area (TPSA) is 87.5 Å². The number of pyridine rings is 2. The van der Waals surface area contributed by atoms with Crippen LogP contribution in [0.3, 0.4) is 0 Å². The van der Waals surface area contributed by atoms with Gasteiger partial charge in [0.1, 0.15) is 0 Å². The van der Waals surface area contributed by atoms with E-state index in [1.54, 1.807) is 23.1 Å². The molecule has 5 aromatic heterocycles. The molecule has 5 heterocycles. The third-order valence-corrected chi connectivity index (χ3v) is 4.72. The molecule has 0 unspecified atom stereocenters. The fourth-order valence-corrected chi connectivity index (χ4v) is 3.28. The van der Waals surface area contributed by atoms with Crippen molar-refractivity contribution in [1.29, 1.82) is 0 Å². The van der Waals surface area contributed by atoms with Crippen molar-refractivity contribution < 1.29 is 17.7 Å². The Hall–Kier alpha value is -4.02. The molecule has 5 rings (SSSR count). The van der Waals surface area contributed by atoms with E-state index in [1.165, 1.54) is 12.3 Å². The van der Waals surface area contributed by atoms with Crippen LogP contribution in [0, 0.1) is 0 Å². The molecule has 0 aliphatic rings. The molecule has 0 atom stereocenters. The minimum Gasteiger partial charge on any atom is -0.343 e. The van der Waals surface area contributed by atoms with Crippen LogP contribution < -0.4 is 0 Å². The second-order valence-corrected chi connectivity index (χ2v) is 6.94. The van der Waals surface area contributed by atoms with E-state index in [9.17, 15) is 13.2 Å². The predicted molar refractivity (Wildman–Crippen MR) is 104 cm³/mol. The van der Waals surface area contributed by atoms with Crippen molar-refractivity contribution in [2.75, 3.05) is 0 Å². The molecule has 0 amide bonds. The summed E-state index contributed by atoms with van der Waals surface area (Å²) in [5.74, 6) is -1.56. The summed E-state index contributed by atoms with van der Waals surface area (Å²) in [6, 6.07) is 6.94. The van der Waals surface area contributed by atoms with Gasteiger partial charge in [0.05, 0.1) is 29.6 Å². The van der Waals surface area contributed by atoms with Crippen molar-refractivity contribution in [2.24, 2.45) is 7.05 Å². The molecule has 0 aromatic carbocycles. The minimum absolute atomic E-state index is 0.169. The lowest BCUT2D eigenvalue weighted by Crippen LogP contribution is -2.04. The number of hydrogen-bond donors (Lipinski definition) is 0. The van der Waals surface area contributed by atoms with Crippen molar-refractivity contribution in [3.8, 4) is 22.8 Å². The quantitative estimate of drug-likeness (QED) is 0.433. The Balaban J connectivity index is 1.50. The Kier molecular flexibility index (Phi) is 4.31. The van der Waals surface area contributed by atoms with Gasteiger partial charge in [-0.2, -0.15) is 23.3 Å². The van der Waals surface area contributed by atoms with E-state index in [4.69, 9.17) is 0 Å². The second-order valence-electron chi connectivity index (χ2n) is 6.94. The molecular formula is C20H14F3N7O. The molecule has 0 N–H and O–H groups in total. The molecule has 31 heavy (non-hydrogen) atoms. The zero-order valence-electron chi connectivity index (χ0n) is 16.1.